The maximum absolute atomic E-state index is 6.71. The lowest BCUT2D eigenvalue weighted by Gasteiger charge is -2.26. The molecule has 5 aromatic rings. The number of rotatable bonds is 14. The Morgan fingerprint density at radius 1 is 0.455 bits per heavy atom. The van der Waals surface area contributed by atoms with Crippen molar-refractivity contribution in [2.24, 2.45) is 0 Å². The first kappa shape index (κ1) is 29.8. The summed E-state index contributed by atoms with van der Waals surface area (Å²) in [5.74, 6) is 0.831. The molecule has 5 aromatic carbocycles. The third-order valence-electron chi connectivity index (χ3n) is 7.91. The fourth-order valence-corrected chi connectivity index (χ4v) is 5.59. The van der Waals surface area contributed by atoms with E-state index in [4.69, 9.17) is 18.9 Å². The Labute approximate surface area is 260 Å². The Kier molecular flexibility index (Phi) is 10.5. The minimum absolute atomic E-state index is 0.0674. The van der Waals surface area contributed by atoms with Crippen molar-refractivity contribution in [3.8, 4) is 5.75 Å². The van der Waals surface area contributed by atoms with Gasteiger partial charge >= 0.3 is 0 Å². The molecule has 1 aliphatic heterocycles. The number of hydrogen-bond donors (Lipinski definition) is 1. The fourth-order valence-electron chi connectivity index (χ4n) is 5.59. The molecule has 0 bridgehead atoms. The smallest absolute Gasteiger partial charge is 0.119 e. The second kappa shape index (κ2) is 15.5. The van der Waals surface area contributed by atoms with Crippen LogP contribution in [0.15, 0.2) is 146 Å². The number of ether oxygens (including phenoxy) is 4. The SMILES string of the molecule is c1ccc(COC[C@@H]2N[C@@H](c3ccc(OCc4ccccc4)cc3)[C@H](OCc3ccccc3)[C@H]2OCc2ccccc2)cc1. The summed E-state index contributed by atoms with van der Waals surface area (Å²) in [6, 6.07) is 49.2. The van der Waals surface area contributed by atoms with Crippen molar-refractivity contribution in [2.75, 3.05) is 6.61 Å². The Bertz CT molecular complexity index is 1520. The van der Waals surface area contributed by atoms with E-state index in [1.807, 2.05) is 84.9 Å². The third kappa shape index (κ3) is 8.22. The summed E-state index contributed by atoms with van der Waals surface area (Å²) >= 11 is 0. The molecule has 0 radical (unpaired) electrons. The Hall–Kier alpha value is -4.26. The molecule has 224 valence electrons. The molecule has 5 nitrogen and oxygen atoms in total. The summed E-state index contributed by atoms with van der Waals surface area (Å²) in [5.41, 5.74) is 5.66. The second-order valence-electron chi connectivity index (χ2n) is 11.1. The van der Waals surface area contributed by atoms with E-state index in [0.29, 0.717) is 33.0 Å². The van der Waals surface area contributed by atoms with E-state index in [2.05, 4.69) is 66.0 Å². The lowest BCUT2D eigenvalue weighted by atomic mass is 10.00. The molecule has 1 saturated heterocycles. The molecule has 1 aliphatic rings. The minimum atomic E-state index is -0.236. The highest BCUT2D eigenvalue weighted by Crippen LogP contribution is 2.34. The first-order valence-electron chi connectivity index (χ1n) is 15.3. The van der Waals surface area contributed by atoms with Crippen LogP contribution in [0.25, 0.3) is 0 Å². The van der Waals surface area contributed by atoms with E-state index in [-0.39, 0.29) is 24.3 Å². The van der Waals surface area contributed by atoms with Crippen molar-refractivity contribution in [1.82, 2.24) is 5.32 Å². The highest BCUT2D eigenvalue weighted by atomic mass is 16.5. The first-order valence-corrected chi connectivity index (χ1v) is 15.3. The van der Waals surface area contributed by atoms with Gasteiger partial charge in [0.25, 0.3) is 0 Å². The summed E-state index contributed by atoms with van der Waals surface area (Å²) in [6.45, 7) is 2.55. The zero-order valence-electron chi connectivity index (χ0n) is 24.8. The summed E-state index contributed by atoms with van der Waals surface area (Å²) in [6.07, 6.45) is -0.464. The molecule has 6 rings (SSSR count). The molecule has 0 saturated carbocycles. The van der Waals surface area contributed by atoms with Gasteiger partial charge in [-0.25, -0.2) is 0 Å². The molecule has 0 spiro atoms. The number of hydrogen-bond acceptors (Lipinski definition) is 5. The summed E-state index contributed by atoms with van der Waals surface area (Å²) < 4.78 is 25.7. The van der Waals surface area contributed by atoms with Gasteiger partial charge in [-0.1, -0.05) is 133 Å². The zero-order valence-corrected chi connectivity index (χ0v) is 24.8. The Balaban J connectivity index is 1.21. The normalized spacial score (nSPS) is 19.5. The van der Waals surface area contributed by atoms with Crippen LogP contribution in [0.5, 0.6) is 5.75 Å². The van der Waals surface area contributed by atoms with Crippen LogP contribution in [0.2, 0.25) is 0 Å². The van der Waals surface area contributed by atoms with Crippen molar-refractivity contribution in [3.05, 3.63) is 173 Å². The van der Waals surface area contributed by atoms with Crippen LogP contribution < -0.4 is 10.1 Å². The van der Waals surface area contributed by atoms with Gasteiger partial charge in [-0.15, -0.1) is 0 Å². The largest absolute Gasteiger partial charge is 0.489 e. The standard InChI is InChI=1S/C39H39NO4/c1-5-13-30(14-6-1)25-41-29-36-38(43-27-32-17-9-3-10-18-32)39(44-28-33-19-11-4-12-20-33)37(40-36)34-21-23-35(24-22-34)42-26-31-15-7-2-8-16-31/h1-24,36-40H,25-29H2/t36-,37-,38-,39-/m0/s1. The monoisotopic (exact) mass is 585 g/mol. The lowest BCUT2D eigenvalue weighted by molar-refractivity contribution is -0.0861. The van der Waals surface area contributed by atoms with Gasteiger partial charge in [-0.3, -0.25) is 0 Å². The van der Waals surface area contributed by atoms with Crippen molar-refractivity contribution in [1.29, 1.82) is 0 Å². The average molecular weight is 586 g/mol. The van der Waals surface area contributed by atoms with Crippen molar-refractivity contribution in [3.63, 3.8) is 0 Å². The van der Waals surface area contributed by atoms with Crippen LogP contribution in [-0.2, 0) is 40.6 Å². The maximum Gasteiger partial charge on any atom is 0.119 e. The highest BCUT2D eigenvalue weighted by Gasteiger charge is 2.45. The fraction of sp³-hybridized carbons (Fsp3) is 0.231. The van der Waals surface area contributed by atoms with Crippen LogP contribution in [0.1, 0.15) is 33.9 Å². The molecule has 5 heteroatoms. The van der Waals surface area contributed by atoms with Gasteiger partial charge in [0.1, 0.15) is 24.6 Å². The molecular weight excluding hydrogens is 546 g/mol. The molecule has 0 amide bonds. The minimum Gasteiger partial charge on any atom is -0.489 e. The molecule has 44 heavy (non-hydrogen) atoms. The van der Waals surface area contributed by atoms with Gasteiger partial charge in [-0.05, 0) is 39.9 Å². The predicted octanol–water partition coefficient (Wildman–Crippen LogP) is 7.67. The second-order valence-corrected chi connectivity index (χ2v) is 11.1. The first-order chi connectivity index (χ1) is 21.8. The lowest BCUT2D eigenvalue weighted by Crippen LogP contribution is -2.39. The van der Waals surface area contributed by atoms with Crippen molar-refractivity contribution in [2.45, 2.75) is 50.7 Å². The number of nitrogens with one attached hydrogen (secondary N) is 1. The quantitative estimate of drug-likeness (QED) is 0.145. The molecule has 0 unspecified atom stereocenters. The molecule has 1 fully saturated rings. The maximum atomic E-state index is 6.71. The zero-order chi connectivity index (χ0) is 29.8. The van der Waals surface area contributed by atoms with Crippen LogP contribution in [-0.4, -0.2) is 24.9 Å². The van der Waals surface area contributed by atoms with Crippen molar-refractivity contribution < 1.29 is 18.9 Å². The van der Waals surface area contributed by atoms with E-state index in [1.54, 1.807) is 0 Å². The Morgan fingerprint density at radius 2 is 0.909 bits per heavy atom. The van der Waals surface area contributed by atoms with Gasteiger partial charge in [0, 0.05) is 0 Å². The molecule has 1 N–H and O–H groups in total. The molecule has 0 aromatic heterocycles. The van der Waals surface area contributed by atoms with Gasteiger partial charge < -0.3 is 24.3 Å². The average Bonchev–Trinajstić information content (AvgIpc) is 3.44. The predicted molar refractivity (Wildman–Crippen MR) is 173 cm³/mol. The van der Waals surface area contributed by atoms with Crippen molar-refractivity contribution >= 4 is 0 Å². The van der Waals surface area contributed by atoms with Gasteiger partial charge in [-0.2, -0.15) is 0 Å². The van der Waals surface area contributed by atoms with E-state index >= 15 is 0 Å². The summed E-state index contributed by atoms with van der Waals surface area (Å²) in [7, 11) is 0. The Morgan fingerprint density at radius 3 is 1.43 bits per heavy atom. The van der Waals surface area contributed by atoms with Gasteiger partial charge in [0.2, 0.25) is 0 Å². The molecule has 1 heterocycles. The molecule has 4 atom stereocenters. The van der Waals surface area contributed by atoms with Gasteiger partial charge in [0.05, 0.1) is 38.5 Å². The summed E-state index contributed by atoms with van der Waals surface area (Å²) in [5, 5.41) is 3.83. The molecule has 0 aliphatic carbocycles. The van der Waals surface area contributed by atoms with Crippen LogP contribution in [0.4, 0.5) is 0 Å². The van der Waals surface area contributed by atoms with Crippen LogP contribution >= 0.6 is 0 Å². The van der Waals surface area contributed by atoms with Gasteiger partial charge in [0.15, 0.2) is 0 Å². The van der Waals surface area contributed by atoms with E-state index in [1.165, 1.54) is 0 Å². The van der Waals surface area contributed by atoms with Crippen LogP contribution in [0, 0.1) is 0 Å². The highest BCUT2D eigenvalue weighted by molar-refractivity contribution is 5.32. The topological polar surface area (TPSA) is 49.0 Å². The van der Waals surface area contributed by atoms with E-state index in [9.17, 15) is 0 Å². The molecular formula is C39H39NO4. The van der Waals surface area contributed by atoms with E-state index < -0.39 is 0 Å². The third-order valence-corrected chi connectivity index (χ3v) is 7.91. The van der Waals surface area contributed by atoms with E-state index in [0.717, 1.165) is 33.6 Å². The number of benzene rings is 5. The summed E-state index contributed by atoms with van der Waals surface area (Å²) in [4.78, 5) is 0. The van der Waals surface area contributed by atoms with Crippen LogP contribution in [0.3, 0.4) is 0 Å².